The average molecular weight is 1350 g/mol. The molecular formula is C73H142O17P2. The van der Waals surface area contributed by atoms with Gasteiger partial charge in [-0.2, -0.15) is 0 Å². The van der Waals surface area contributed by atoms with Crippen LogP contribution in [0, 0.1) is 23.7 Å². The molecule has 0 radical (unpaired) electrons. The number of carbonyl (C=O) groups is 4. The van der Waals surface area contributed by atoms with Crippen LogP contribution >= 0.6 is 15.6 Å². The maximum atomic E-state index is 13.1. The van der Waals surface area contributed by atoms with Crippen LogP contribution in [0.4, 0.5) is 0 Å². The molecule has 0 aromatic carbocycles. The van der Waals surface area contributed by atoms with E-state index < -0.39 is 97.5 Å². The van der Waals surface area contributed by atoms with Crippen molar-refractivity contribution in [1.29, 1.82) is 0 Å². The van der Waals surface area contributed by atoms with Crippen LogP contribution in [-0.4, -0.2) is 96.7 Å². The van der Waals surface area contributed by atoms with Crippen molar-refractivity contribution in [2.24, 2.45) is 23.7 Å². The van der Waals surface area contributed by atoms with Crippen LogP contribution in [0.5, 0.6) is 0 Å². The van der Waals surface area contributed by atoms with Gasteiger partial charge in [0.05, 0.1) is 26.4 Å². The van der Waals surface area contributed by atoms with Crippen LogP contribution in [0.2, 0.25) is 0 Å². The van der Waals surface area contributed by atoms with E-state index in [1.807, 2.05) is 0 Å². The minimum absolute atomic E-state index is 0.103. The van der Waals surface area contributed by atoms with Crippen LogP contribution in [0.25, 0.3) is 0 Å². The monoisotopic (exact) mass is 1350 g/mol. The van der Waals surface area contributed by atoms with Gasteiger partial charge in [0.15, 0.2) is 12.2 Å². The van der Waals surface area contributed by atoms with Crippen molar-refractivity contribution in [1.82, 2.24) is 0 Å². The summed E-state index contributed by atoms with van der Waals surface area (Å²) in [6, 6.07) is 0. The molecule has 546 valence electrons. The second kappa shape index (κ2) is 62.6. The number of aliphatic hydroxyl groups is 1. The molecule has 0 aliphatic heterocycles. The molecule has 5 atom stereocenters. The van der Waals surface area contributed by atoms with Crippen LogP contribution in [-0.2, 0) is 65.4 Å². The van der Waals surface area contributed by atoms with Gasteiger partial charge < -0.3 is 33.8 Å². The Bertz CT molecular complexity index is 1820. The Morgan fingerprint density at radius 3 is 0.674 bits per heavy atom. The van der Waals surface area contributed by atoms with Crippen LogP contribution < -0.4 is 0 Å². The van der Waals surface area contributed by atoms with Crippen molar-refractivity contribution in [2.45, 2.75) is 382 Å². The molecule has 0 aromatic rings. The zero-order valence-corrected chi connectivity index (χ0v) is 62.0. The summed E-state index contributed by atoms with van der Waals surface area (Å²) in [5.41, 5.74) is 0. The summed E-state index contributed by atoms with van der Waals surface area (Å²) < 4.78 is 68.4. The van der Waals surface area contributed by atoms with Crippen molar-refractivity contribution in [3.63, 3.8) is 0 Å². The summed E-state index contributed by atoms with van der Waals surface area (Å²) in [5, 5.41) is 10.6. The predicted molar refractivity (Wildman–Crippen MR) is 372 cm³/mol. The lowest BCUT2D eigenvalue weighted by Gasteiger charge is -2.21. The summed E-state index contributed by atoms with van der Waals surface area (Å²) in [7, 11) is -9.91. The molecule has 0 bridgehead atoms. The maximum Gasteiger partial charge on any atom is 0.472 e. The smallest absolute Gasteiger partial charge is 0.462 e. The Hall–Kier alpha value is -1.94. The summed E-state index contributed by atoms with van der Waals surface area (Å²) in [4.78, 5) is 72.6. The number of hydrogen-bond acceptors (Lipinski definition) is 15. The first kappa shape index (κ1) is 90.1. The van der Waals surface area contributed by atoms with Crippen molar-refractivity contribution in [3.05, 3.63) is 0 Å². The fraction of sp³-hybridized carbons (Fsp3) is 0.945. The van der Waals surface area contributed by atoms with Crippen molar-refractivity contribution in [3.8, 4) is 0 Å². The lowest BCUT2D eigenvalue weighted by molar-refractivity contribution is -0.161. The number of unbranched alkanes of at least 4 members (excludes halogenated alkanes) is 36. The van der Waals surface area contributed by atoms with Gasteiger partial charge in [0.2, 0.25) is 0 Å². The zero-order chi connectivity index (χ0) is 68.2. The van der Waals surface area contributed by atoms with E-state index in [0.717, 1.165) is 114 Å². The number of aliphatic hydroxyl groups excluding tert-OH is 1. The molecule has 0 fully saturated rings. The molecule has 0 rings (SSSR count). The van der Waals surface area contributed by atoms with E-state index >= 15 is 0 Å². The summed E-state index contributed by atoms with van der Waals surface area (Å²) in [6.45, 7) is 14.1. The molecule has 92 heavy (non-hydrogen) atoms. The first-order chi connectivity index (χ1) is 44.1. The van der Waals surface area contributed by atoms with E-state index in [4.69, 9.17) is 37.0 Å². The minimum atomic E-state index is -4.96. The highest BCUT2D eigenvalue weighted by molar-refractivity contribution is 7.47. The summed E-state index contributed by atoms with van der Waals surface area (Å²) in [5.74, 6) is 0.846. The third-order valence-electron chi connectivity index (χ3n) is 16.8. The average Bonchev–Trinajstić information content (AvgIpc) is 2.50. The highest BCUT2D eigenvalue weighted by Gasteiger charge is 2.30. The number of phosphoric ester groups is 2. The number of carbonyl (C=O) groups excluding carboxylic acids is 4. The topological polar surface area (TPSA) is 237 Å². The molecule has 0 aliphatic carbocycles. The van der Waals surface area contributed by atoms with E-state index in [-0.39, 0.29) is 25.7 Å². The molecule has 2 unspecified atom stereocenters. The fourth-order valence-electron chi connectivity index (χ4n) is 11.0. The second-order valence-electron chi connectivity index (χ2n) is 28.2. The number of hydrogen-bond donors (Lipinski definition) is 3. The number of ether oxygens (including phenoxy) is 4. The molecule has 0 aromatic heterocycles. The Balaban J connectivity index is 5.23. The van der Waals surface area contributed by atoms with Crippen LogP contribution in [0.15, 0.2) is 0 Å². The third-order valence-corrected chi connectivity index (χ3v) is 18.7. The maximum absolute atomic E-state index is 13.1. The van der Waals surface area contributed by atoms with E-state index in [9.17, 15) is 43.2 Å². The SMILES string of the molecule is CC(C)CCCCCCCCCCCCCCCCC(=O)OC[C@H](COP(=O)(O)OC[C@@H](O)COP(=O)(O)OC[C@@H](COC(=O)CCCCCCCCC(C)C)OC(=O)CCCCCCCCCCC(C)C)OC(=O)CCCCCCCCCCCCCCC(C)C. The Kier molecular flexibility index (Phi) is 61.3. The Morgan fingerprint density at radius 1 is 0.272 bits per heavy atom. The lowest BCUT2D eigenvalue weighted by atomic mass is 10.0. The standard InChI is InChI=1S/C73H142O17P2/c1-63(2)49-41-33-25-19-15-11-9-10-12-17-21-28-37-45-53-70(75)83-59-68(89-72(77)55-47-39-29-22-18-14-13-16-20-26-34-42-50-64(3)4)61-87-91(79,80)85-57-67(74)58-86-92(81,82)88-62-69(60-84-71(76)54-46-38-32-31-36-44-52-66(7)8)90-73(78)56-48-40-30-24-23-27-35-43-51-65(5)6/h63-69,74H,9-62H2,1-8H3,(H,79,80)(H,81,82)/t67-,68-,69-/m1/s1. The van der Waals surface area contributed by atoms with Gasteiger partial charge in [-0.15, -0.1) is 0 Å². The molecule has 0 aliphatic rings. The van der Waals surface area contributed by atoms with Gasteiger partial charge in [-0.3, -0.25) is 37.3 Å². The predicted octanol–water partition coefficient (Wildman–Crippen LogP) is 20.9. The van der Waals surface area contributed by atoms with Gasteiger partial charge >= 0.3 is 39.5 Å². The lowest BCUT2D eigenvalue weighted by Crippen LogP contribution is -2.30. The Morgan fingerprint density at radius 2 is 0.457 bits per heavy atom. The number of esters is 4. The van der Waals surface area contributed by atoms with Gasteiger partial charge in [0.1, 0.15) is 19.3 Å². The van der Waals surface area contributed by atoms with Crippen molar-refractivity contribution >= 4 is 39.5 Å². The van der Waals surface area contributed by atoms with Gasteiger partial charge in [-0.25, -0.2) is 9.13 Å². The summed E-state index contributed by atoms with van der Waals surface area (Å²) >= 11 is 0. The zero-order valence-electron chi connectivity index (χ0n) is 60.2. The molecule has 0 spiro atoms. The largest absolute Gasteiger partial charge is 0.472 e. The highest BCUT2D eigenvalue weighted by Crippen LogP contribution is 2.45. The molecule has 0 amide bonds. The van der Waals surface area contributed by atoms with Crippen molar-refractivity contribution in [2.75, 3.05) is 39.6 Å². The molecule has 0 heterocycles. The minimum Gasteiger partial charge on any atom is -0.462 e. The van der Waals surface area contributed by atoms with Gasteiger partial charge in [-0.05, 0) is 49.4 Å². The van der Waals surface area contributed by atoms with Gasteiger partial charge in [0, 0.05) is 25.7 Å². The van der Waals surface area contributed by atoms with Crippen molar-refractivity contribution < 1.29 is 80.2 Å². The highest BCUT2D eigenvalue weighted by atomic mass is 31.2. The summed E-state index contributed by atoms with van der Waals surface area (Å²) in [6.07, 6.45) is 46.0. The molecular weight excluding hydrogens is 1210 g/mol. The second-order valence-corrected chi connectivity index (χ2v) is 31.1. The van der Waals surface area contributed by atoms with E-state index in [1.165, 1.54) is 161 Å². The molecule has 17 nitrogen and oxygen atoms in total. The van der Waals surface area contributed by atoms with Gasteiger partial charge in [0.25, 0.3) is 0 Å². The van der Waals surface area contributed by atoms with Crippen LogP contribution in [0.3, 0.4) is 0 Å². The van der Waals surface area contributed by atoms with Crippen LogP contribution in [0.1, 0.15) is 364 Å². The normalized spacial score (nSPS) is 14.2. The Labute approximate surface area is 562 Å². The molecule has 19 heteroatoms. The van der Waals surface area contributed by atoms with E-state index in [0.29, 0.717) is 31.6 Å². The van der Waals surface area contributed by atoms with E-state index in [2.05, 4.69) is 55.4 Å². The first-order valence-electron chi connectivity index (χ1n) is 37.7. The number of rotatable bonds is 70. The number of phosphoric acid groups is 2. The third kappa shape index (κ3) is 66.7. The van der Waals surface area contributed by atoms with E-state index in [1.54, 1.807) is 0 Å². The quantitative estimate of drug-likeness (QED) is 0.0222. The molecule has 0 saturated carbocycles. The first-order valence-corrected chi connectivity index (χ1v) is 40.7. The fourth-order valence-corrected chi connectivity index (χ4v) is 12.6. The molecule has 3 N–H and O–H groups in total. The molecule has 0 saturated heterocycles. The van der Waals surface area contributed by atoms with Gasteiger partial charge in [-0.1, -0.05) is 312 Å².